The predicted octanol–water partition coefficient (Wildman–Crippen LogP) is 1.99. The molecule has 2 fully saturated rings. The maximum absolute atomic E-state index is 12.3. The molecule has 0 spiro atoms. The van der Waals surface area contributed by atoms with Gasteiger partial charge in [0.25, 0.3) is 0 Å². The molecule has 2 aromatic rings. The standard InChI is InChI=1S/C20H23N7O/c1-25-11-15(10-24-25)14-8-18(23-9-14)19(4-6-21)26-12-16-2-3-17(13-26)27(16)20(28)5-7-22/h4,6,8-11,16-17,21,23H,2-3,5,12-13H2,1H3/b19-4+,21-6?. The van der Waals surface area contributed by atoms with Gasteiger partial charge in [-0.05, 0) is 25.0 Å². The smallest absolute Gasteiger partial charge is 0.237 e. The van der Waals surface area contributed by atoms with E-state index in [-0.39, 0.29) is 24.4 Å². The van der Waals surface area contributed by atoms with Crippen LogP contribution in [-0.2, 0) is 11.8 Å². The first-order chi connectivity index (χ1) is 13.6. The van der Waals surface area contributed by atoms with Crippen molar-refractivity contribution in [1.29, 1.82) is 10.7 Å². The number of fused-ring (bicyclic) bond motifs is 2. The van der Waals surface area contributed by atoms with Crippen LogP contribution in [0.2, 0.25) is 0 Å². The third-order valence-electron chi connectivity index (χ3n) is 5.58. The number of aromatic amines is 1. The van der Waals surface area contributed by atoms with Gasteiger partial charge in [-0.25, -0.2) is 0 Å². The number of hydrogen-bond acceptors (Lipinski definition) is 5. The Balaban J connectivity index is 1.57. The van der Waals surface area contributed by atoms with Crippen LogP contribution in [0.15, 0.2) is 30.7 Å². The molecule has 0 saturated carbocycles. The fraction of sp³-hybridized carbons (Fsp3) is 0.400. The lowest BCUT2D eigenvalue weighted by molar-refractivity contribution is -0.135. The van der Waals surface area contributed by atoms with Crippen molar-refractivity contribution in [2.24, 2.45) is 7.05 Å². The minimum Gasteiger partial charge on any atom is -0.366 e. The number of piperazine rings is 1. The normalized spacial score (nSPS) is 21.6. The number of rotatable bonds is 5. The van der Waals surface area contributed by atoms with Gasteiger partial charge in [0.1, 0.15) is 6.42 Å². The number of carbonyl (C=O) groups excluding carboxylic acids is 1. The molecule has 2 N–H and O–H groups in total. The quantitative estimate of drug-likeness (QED) is 0.778. The van der Waals surface area contributed by atoms with Crippen LogP contribution in [0.4, 0.5) is 0 Å². The van der Waals surface area contributed by atoms with Gasteiger partial charge in [0.2, 0.25) is 5.91 Å². The van der Waals surface area contributed by atoms with E-state index in [0.29, 0.717) is 13.1 Å². The van der Waals surface area contributed by atoms with Gasteiger partial charge in [0.05, 0.1) is 23.7 Å². The van der Waals surface area contributed by atoms with Crippen LogP contribution >= 0.6 is 0 Å². The van der Waals surface area contributed by atoms with Gasteiger partial charge in [0.15, 0.2) is 0 Å². The van der Waals surface area contributed by atoms with Crippen LogP contribution in [0.1, 0.15) is 25.0 Å². The number of aryl methyl sites for hydroxylation is 1. The van der Waals surface area contributed by atoms with Crippen LogP contribution in [0.5, 0.6) is 0 Å². The molecular formula is C20H23N7O. The maximum Gasteiger partial charge on any atom is 0.237 e. The van der Waals surface area contributed by atoms with Crippen molar-refractivity contribution >= 4 is 17.8 Å². The molecule has 4 rings (SSSR count). The molecule has 28 heavy (non-hydrogen) atoms. The number of nitriles is 1. The molecule has 2 saturated heterocycles. The van der Waals surface area contributed by atoms with E-state index in [1.807, 2.05) is 36.6 Å². The first-order valence-corrected chi connectivity index (χ1v) is 9.42. The summed E-state index contributed by atoms with van der Waals surface area (Å²) in [4.78, 5) is 19.8. The number of hydrogen-bond donors (Lipinski definition) is 2. The number of nitrogens with one attached hydrogen (secondary N) is 2. The zero-order valence-electron chi connectivity index (χ0n) is 15.8. The Morgan fingerprint density at radius 2 is 2.14 bits per heavy atom. The number of carbonyl (C=O) groups is 1. The second-order valence-corrected chi connectivity index (χ2v) is 7.35. The van der Waals surface area contributed by atoms with E-state index in [0.717, 1.165) is 35.4 Å². The third kappa shape index (κ3) is 3.20. The highest BCUT2D eigenvalue weighted by Crippen LogP contribution is 2.35. The lowest BCUT2D eigenvalue weighted by atomic mass is 10.1. The fourth-order valence-corrected chi connectivity index (χ4v) is 4.39. The highest BCUT2D eigenvalue weighted by atomic mass is 16.2. The molecule has 0 radical (unpaired) electrons. The summed E-state index contributed by atoms with van der Waals surface area (Å²) in [6.07, 6.45) is 10.7. The third-order valence-corrected chi connectivity index (χ3v) is 5.58. The van der Waals surface area contributed by atoms with E-state index in [1.54, 1.807) is 10.8 Å². The Morgan fingerprint density at radius 1 is 1.39 bits per heavy atom. The summed E-state index contributed by atoms with van der Waals surface area (Å²) in [5.41, 5.74) is 3.98. The highest BCUT2D eigenvalue weighted by Gasteiger charge is 2.42. The van der Waals surface area contributed by atoms with Crippen LogP contribution < -0.4 is 0 Å². The van der Waals surface area contributed by atoms with Crippen LogP contribution in [0.25, 0.3) is 16.8 Å². The van der Waals surface area contributed by atoms with Gasteiger partial charge in [-0.1, -0.05) is 0 Å². The summed E-state index contributed by atoms with van der Waals surface area (Å²) in [6.45, 7) is 1.43. The Kier molecular flexibility index (Phi) is 4.74. The van der Waals surface area contributed by atoms with Crippen molar-refractivity contribution < 1.29 is 4.79 Å². The molecule has 2 aliphatic rings. The van der Waals surface area contributed by atoms with E-state index >= 15 is 0 Å². The van der Waals surface area contributed by atoms with Crippen LogP contribution in [0, 0.1) is 16.7 Å². The second kappa shape index (κ2) is 7.35. The number of amides is 1. The average molecular weight is 377 g/mol. The molecule has 1 amide bonds. The summed E-state index contributed by atoms with van der Waals surface area (Å²) >= 11 is 0. The van der Waals surface area contributed by atoms with E-state index in [9.17, 15) is 4.79 Å². The SMILES string of the molecule is Cn1cc(-c2c[nH]c(/C(=C\C=N)N3CC4CCC(C3)N4C(=O)CC#N)c2)cn1. The van der Waals surface area contributed by atoms with Crippen molar-refractivity contribution in [3.05, 3.63) is 36.4 Å². The number of nitrogens with zero attached hydrogens (tertiary/aromatic N) is 5. The number of allylic oxidation sites excluding steroid dienone is 1. The fourth-order valence-electron chi connectivity index (χ4n) is 4.39. The van der Waals surface area contributed by atoms with Gasteiger partial charge < -0.3 is 20.2 Å². The van der Waals surface area contributed by atoms with Crippen LogP contribution in [-0.4, -0.2) is 61.9 Å². The molecule has 0 aliphatic carbocycles. The van der Waals surface area contributed by atoms with Crippen molar-refractivity contribution in [1.82, 2.24) is 24.6 Å². The zero-order chi connectivity index (χ0) is 19.7. The lowest BCUT2D eigenvalue weighted by Crippen LogP contribution is -2.55. The van der Waals surface area contributed by atoms with Gasteiger partial charge in [-0.15, -0.1) is 0 Å². The van der Waals surface area contributed by atoms with Gasteiger partial charge in [-0.3, -0.25) is 9.48 Å². The molecule has 2 unspecified atom stereocenters. The van der Waals surface area contributed by atoms with E-state index in [2.05, 4.69) is 21.0 Å². The first kappa shape index (κ1) is 18.0. The van der Waals surface area contributed by atoms with Gasteiger partial charge >= 0.3 is 0 Å². The monoisotopic (exact) mass is 377 g/mol. The molecule has 8 nitrogen and oxygen atoms in total. The van der Waals surface area contributed by atoms with E-state index < -0.39 is 0 Å². The maximum atomic E-state index is 12.3. The predicted molar refractivity (Wildman–Crippen MR) is 105 cm³/mol. The summed E-state index contributed by atoms with van der Waals surface area (Å²) in [5.74, 6) is -0.0639. The van der Waals surface area contributed by atoms with Crippen molar-refractivity contribution in [2.75, 3.05) is 13.1 Å². The molecule has 2 aromatic heterocycles. The topological polar surface area (TPSA) is 105 Å². The van der Waals surface area contributed by atoms with E-state index in [1.165, 1.54) is 6.21 Å². The average Bonchev–Trinajstić information content (AvgIpc) is 3.38. The molecule has 2 atom stereocenters. The lowest BCUT2D eigenvalue weighted by Gasteiger charge is -2.42. The minimum atomic E-state index is -0.0639. The van der Waals surface area contributed by atoms with Gasteiger partial charge in [0, 0.05) is 62.0 Å². The molecule has 2 bridgehead atoms. The molecule has 144 valence electrons. The van der Waals surface area contributed by atoms with Crippen molar-refractivity contribution in [3.63, 3.8) is 0 Å². The van der Waals surface area contributed by atoms with Gasteiger partial charge in [-0.2, -0.15) is 10.4 Å². The summed E-state index contributed by atoms with van der Waals surface area (Å²) in [5, 5.41) is 20.7. The Bertz CT molecular complexity index is 949. The van der Waals surface area contributed by atoms with Crippen molar-refractivity contribution in [3.8, 4) is 17.2 Å². The Labute approximate surface area is 163 Å². The van der Waals surface area contributed by atoms with Crippen molar-refractivity contribution in [2.45, 2.75) is 31.3 Å². The summed E-state index contributed by atoms with van der Waals surface area (Å²) < 4.78 is 1.77. The Morgan fingerprint density at radius 3 is 2.75 bits per heavy atom. The molecule has 8 heteroatoms. The Hall–Kier alpha value is -3.34. The highest BCUT2D eigenvalue weighted by molar-refractivity contribution is 5.83. The molecule has 4 heterocycles. The molecular weight excluding hydrogens is 354 g/mol. The molecule has 0 aromatic carbocycles. The summed E-state index contributed by atoms with van der Waals surface area (Å²) in [7, 11) is 1.89. The largest absolute Gasteiger partial charge is 0.366 e. The zero-order valence-corrected chi connectivity index (χ0v) is 15.8. The minimum absolute atomic E-state index is 0.0543. The number of aromatic nitrogens is 3. The first-order valence-electron chi connectivity index (χ1n) is 9.42. The second-order valence-electron chi connectivity index (χ2n) is 7.35. The number of H-pyrrole nitrogens is 1. The number of likely N-dealkylation sites (tertiary alicyclic amines) is 1. The van der Waals surface area contributed by atoms with Crippen LogP contribution in [0.3, 0.4) is 0 Å². The summed E-state index contributed by atoms with van der Waals surface area (Å²) in [6, 6.07) is 4.30. The van der Waals surface area contributed by atoms with E-state index in [4.69, 9.17) is 10.7 Å². The molecule has 2 aliphatic heterocycles.